The molecule has 94 valence electrons. The quantitative estimate of drug-likeness (QED) is 0.870. The van der Waals surface area contributed by atoms with Crippen molar-refractivity contribution in [3.8, 4) is 5.75 Å². The number of nitrogens with zero attached hydrogens (tertiary/aromatic N) is 2. The van der Waals surface area contributed by atoms with Crippen molar-refractivity contribution in [2.24, 2.45) is 0 Å². The minimum absolute atomic E-state index is 0.294. The normalized spacial score (nSPS) is 10.2. The lowest BCUT2D eigenvalue weighted by Crippen LogP contribution is -1.98. The van der Waals surface area contributed by atoms with E-state index >= 15 is 0 Å². The lowest BCUT2D eigenvalue weighted by atomic mass is 10.2. The van der Waals surface area contributed by atoms with Crippen LogP contribution >= 0.6 is 23.2 Å². The molecule has 0 atom stereocenters. The minimum atomic E-state index is 0.294. The Kier molecular flexibility index (Phi) is 3.89. The van der Waals surface area contributed by atoms with E-state index in [1.165, 1.54) is 6.07 Å². The lowest BCUT2D eigenvalue weighted by Gasteiger charge is -2.09. The van der Waals surface area contributed by atoms with Gasteiger partial charge in [0, 0.05) is 11.8 Å². The van der Waals surface area contributed by atoms with Crippen LogP contribution in [0.25, 0.3) is 0 Å². The summed E-state index contributed by atoms with van der Waals surface area (Å²) in [5.41, 5.74) is 1.85. The number of ether oxygens (including phenoxy) is 1. The van der Waals surface area contributed by atoms with Crippen LogP contribution in [0.15, 0.2) is 24.3 Å². The second-order valence-corrected chi connectivity index (χ2v) is 4.42. The van der Waals surface area contributed by atoms with Crippen LogP contribution < -0.4 is 10.1 Å². The number of methoxy groups -OCH3 is 1. The fraction of sp³-hybridized carbons (Fsp3) is 0.167. The molecule has 2 aromatic rings. The van der Waals surface area contributed by atoms with Crippen molar-refractivity contribution in [3.05, 3.63) is 40.1 Å². The van der Waals surface area contributed by atoms with Gasteiger partial charge >= 0.3 is 0 Å². The first-order valence-electron chi connectivity index (χ1n) is 5.20. The molecule has 0 bridgehead atoms. The maximum Gasteiger partial charge on any atom is 0.230 e. The molecule has 0 spiro atoms. The molecule has 6 heteroatoms. The van der Waals surface area contributed by atoms with Crippen LogP contribution in [0.3, 0.4) is 0 Å². The summed E-state index contributed by atoms with van der Waals surface area (Å²) in [5, 5.41) is 3.62. The predicted octanol–water partition coefficient (Wildman–Crippen LogP) is 3.84. The number of hydrogen-bond acceptors (Lipinski definition) is 4. The first-order chi connectivity index (χ1) is 8.58. The van der Waals surface area contributed by atoms with Crippen molar-refractivity contribution in [3.63, 3.8) is 0 Å². The van der Waals surface area contributed by atoms with Gasteiger partial charge in [-0.15, -0.1) is 0 Å². The Morgan fingerprint density at radius 3 is 2.33 bits per heavy atom. The molecule has 2 rings (SSSR count). The summed E-state index contributed by atoms with van der Waals surface area (Å²) in [7, 11) is 1.63. The largest absolute Gasteiger partial charge is 0.496 e. The van der Waals surface area contributed by atoms with E-state index in [-0.39, 0.29) is 0 Å². The van der Waals surface area contributed by atoms with Gasteiger partial charge in [-0.3, -0.25) is 0 Å². The summed E-state index contributed by atoms with van der Waals surface area (Å²) in [6, 6.07) is 7.14. The molecule has 0 aliphatic heterocycles. The number of nitrogens with one attached hydrogen (secondary N) is 1. The molecule has 0 amide bonds. The molecule has 1 aromatic heterocycles. The third-order valence-corrected chi connectivity index (χ3v) is 2.70. The Balaban J connectivity index is 2.25. The predicted molar refractivity (Wildman–Crippen MR) is 73.1 cm³/mol. The van der Waals surface area contributed by atoms with Crippen LogP contribution in [-0.2, 0) is 0 Å². The summed E-state index contributed by atoms with van der Waals surface area (Å²) in [6.07, 6.45) is 0. The SMILES string of the molecule is COc1ccc(Nc2nc(Cl)cc(Cl)n2)cc1C. The molecule has 0 unspecified atom stereocenters. The molecule has 4 nitrogen and oxygen atoms in total. The summed E-state index contributed by atoms with van der Waals surface area (Å²) in [4.78, 5) is 8.06. The van der Waals surface area contributed by atoms with Gasteiger partial charge in [0.1, 0.15) is 16.1 Å². The van der Waals surface area contributed by atoms with Crippen molar-refractivity contribution >= 4 is 34.8 Å². The summed E-state index contributed by atoms with van der Waals surface area (Å²) in [6.45, 7) is 1.95. The van der Waals surface area contributed by atoms with Gasteiger partial charge in [-0.05, 0) is 30.7 Å². The van der Waals surface area contributed by atoms with Crippen molar-refractivity contribution in [2.75, 3.05) is 12.4 Å². The Morgan fingerprint density at radius 1 is 1.11 bits per heavy atom. The number of rotatable bonds is 3. The van der Waals surface area contributed by atoms with Crippen molar-refractivity contribution in [1.82, 2.24) is 9.97 Å². The molecular formula is C12H11Cl2N3O. The molecule has 0 saturated heterocycles. The van der Waals surface area contributed by atoms with Crippen LogP contribution in [0.1, 0.15) is 5.56 Å². The van der Waals surface area contributed by atoms with Crippen molar-refractivity contribution < 1.29 is 4.74 Å². The van der Waals surface area contributed by atoms with E-state index in [0.29, 0.717) is 16.3 Å². The van der Waals surface area contributed by atoms with E-state index in [1.54, 1.807) is 7.11 Å². The maximum atomic E-state index is 5.80. The molecule has 1 aromatic carbocycles. The van der Waals surface area contributed by atoms with E-state index < -0.39 is 0 Å². The zero-order chi connectivity index (χ0) is 13.1. The highest BCUT2D eigenvalue weighted by molar-refractivity contribution is 6.33. The van der Waals surface area contributed by atoms with Gasteiger partial charge in [0.25, 0.3) is 0 Å². The van der Waals surface area contributed by atoms with Gasteiger partial charge in [-0.1, -0.05) is 23.2 Å². The average molecular weight is 284 g/mol. The van der Waals surface area contributed by atoms with E-state index in [0.717, 1.165) is 17.0 Å². The van der Waals surface area contributed by atoms with Gasteiger partial charge in [0.15, 0.2) is 0 Å². The molecular weight excluding hydrogens is 273 g/mol. The standard InChI is InChI=1S/C12H11Cl2N3O/c1-7-5-8(3-4-9(7)18-2)15-12-16-10(13)6-11(14)17-12/h3-6H,1-2H3,(H,15,16,17). The minimum Gasteiger partial charge on any atom is -0.496 e. The van der Waals surface area contributed by atoms with Crippen molar-refractivity contribution in [2.45, 2.75) is 6.92 Å². The zero-order valence-corrected chi connectivity index (χ0v) is 11.4. The monoisotopic (exact) mass is 283 g/mol. The van der Waals surface area contributed by atoms with Gasteiger partial charge in [-0.25, -0.2) is 9.97 Å². The fourth-order valence-electron chi connectivity index (χ4n) is 1.53. The number of aromatic nitrogens is 2. The second-order valence-electron chi connectivity index (χ2n) is 3.65. The average Bonchev–Trinajstić information content (AvgIpc) is 2.27. The van der Waals surface area contributed by atoms with Gasteiger partial charge in [-0.2, -0.15) is 0 Å². The number of benzene rings is 1. The Labute approximate surface area is 115 Å². The topological polar surface area (TPSA) is 47.0 Å². The van der Waals surface area contributed by atoms with E-state index in [4.69, 9.17) is 27.9 Å². The van der Waals surface area contributed by atoms with E-state index in [9.17, 15) is 0 Å². The summed E-state index contributed by atoms with van der Waals surface area (Å²) < 4.78 is 5.19. The molecule has 0 aliphatic carbocycles. The van der Waals surface area contributed by atoms with Crippen LogP contribution in [0.4, 0.5) is 11.6 Å². The van der Waals surface area contributed by atoms with E-state index in [1.807, 2.05) is 25.1 Å². The van der Waals surface area contributed by atoms with Crippen LogP contribution in [0, 0.1) is 6.92 Å². The molecule has 1 heterocycles. The second kappa shape index (κ2) is 5.42. The van der Waals surface area contributed by atoms with E-state index in [2.05, 4.69) is 15.3 Å². The molecule has 0 aliphatic rings. The molecule has 0 saturated carbocycles. The van der Waals surface area contributed by atoms with Crippen LogP contribution in [0.2, 0.25) is 10.3 Å². The lowest BCUT2D eigenvalue weighted by molar-refractivity contribution is 0.412. The first kappa shape index (κ1) is 12.9. The maximum absolute atomic E-state index is 5.80. The Hall–Kier alpha value is -1.52. The van der Waals surface area contributed by atoms with Crippen LogP contribution in [0.5, 0.6) is 5.75 Å². The molecule has 0 radical (unpaired) electrons. The van der Waals surface area contributed by atoms with Crippen LogP contribution in [-0.4, -0.2) is 17.1 Å². The highest BCUT2D eigenvalue weighted by Gasteiger charge is 2.04. The summed E-state index contributed by atoms with van der Waals surface area (Å²) >= 11 is 11.6. The Morgan fingerprint density at radius 2 is 1.78 bits per heavy atom. The highest BCUT2D eigenvalue weighted by Crippen LogP contribution is 2.24. The number of anilines is 2. The van der Waals surface area contributed by atoms with Gasteiger partial charge in [0.05, 0.1) is 7.11 Å². The number of aryl methyl sites for hydroxylation is 1. The first-order valence-corrected chi connectivity index (χ1v) is 5.96. The highest BCUT2D eigenvalue weighted by atomic mass is 35.5. The fourth-order valence-corrected chi connectivity index (χ4v) is 1.95. The van der Waals surface area contributed by atoms with Gasteiger partial charge < -0.3 is 10.1 Å². The Bertz CT molecular complexity index is 555. The van der Waals surface area contributed by atoms with Crippen molar-refractivity contribution in [1.29, 1.82) is 0 Å². The molecule has 1 N–H and O–H groups in total. The molecule has 18 heavy (non-hydrogen) atoms. The third kappa shape index (κ3) is 3.03. The zero-order valence-electron chi connectivity index (χ0n) is 9.87. The third-order valence-electron chi connectivity index (χ3n) is 2.31. The number of hydrogen-bond donors (Lipinski definition) is 1. The number of halogens is 2. The summed E-state index contributed by atoms with van der Waals surface area (Å²) in [5.74, 6) is 1.18. The smallest absolute Gasteiger partial charge is 0.230 e. The van der Waals surface area contributed by atoms with Gasteiger partial charge in [0.2, 0.25) is 5.95 Å². The molecule has 0 fully saturated rings.